The number of nitrogens with zero attached hydrogens (tertiary/aromatic N) is 1. The summed E-state index contributed by atoms with van der Waals surface area (Å²) in [4.78, 5) is 16.1. The molecule has 1 saturated heterocycles. The quantitative estimate of drug-likeness (QED) is 0.357. The molecule has 31 heavy (non-hydrogen) atoms. The lowest BCUT2D eigenvalue weighted by Crippen LogP contribution is -2.34. The Kier molecular flexibility index (Phi) is 5.81. The van der Waals surface area contributed by atoms with E-state index in [1.165, 1.54) is 17.8 Å². The van der Waals surface area contributed by atoms with Crippen LogP contribution >= 0.6 is 22.9 Å². The van der Waals surface area contributed by atoms with Crippen molar-refractivity contribution in [2.75, 3.05) is 18.4 Å². The lowest BCUT2D eigenvalue weighted by atomic mass is 9.98. The minimum Gasteiger partial charge on any atom is -0.457 e. The zero-order valence-corrected chi connectivity index (χ0v) is 18.6. The number of carbonyl (C=O) groups excluding carboxylic acids is 1. The number of likely N-dealkylation sites (tertiary alicyclic amines) is 1. The number of rotatable bonds is 5. The summed E-state index contributed by atoms with van der Waals surface area (Å²) >= 11 is 7.61. The van der Waals surface area contributed by atoms with Gasteiger partial charge >= 0.3 is 0 Å². The van der Waals surface area contributed by atoms with Gasteiger partial charge in [0.15, 0.2) is 0 Å². The van der Waals surface area contributed by atoms with Gasteiger partial charge in [0.2, 0.25) is 0 Å². The average molecular weight is 451 g/mol. The summed E-state index contributed by atoms with van der Waals surface area (Å²) in [6.45, 7) is 1.98. The first-order chi connectivity index (χ1) is 15.2. The van der Waals surface area contributed by atoms with Crippen molar-refractivity contribution in [3.63, 3.8) is 0 Å². The topological polar surface area (TPSA) is 45.5 Å². The molecular weight excluding hydrogens is 428 g/mol. The highest BCUT2D eigenvalue weighted by Crippen LogP contribution is 2.41. The molecule has 2 aromatic carbocycles. The summed E-state index contributed by atoms with van der Waals surface area (Å²) in [6, 6.07) is 19.5. The van der Waals surface area contributed by atoms with Gasteiger partial charge in [0.05, 0.1) is 16.6 Å². The van der Waals surface area contributed by atoms with Crippen molar-refractivity contribution in [3.8, 4) is 0 Å². The number of thiophene rings is 1. The smallest absolute Gasteiger partial charge is 0.265 e. The zero-order valence-electron chi connectivity index (χ0n) is 17.0. The van der Waals surface area contributed by atoms with Gasteiger partial charge in [0.1, 0.15) is 11.3 Å². The number of piperidine rings is 1. The number of amides is 1. The van der Waals surface area contributed by atoms with Crippen LogP contribution in [-0.2, 0) is 0 Å². The molecule has 3 heterocycles. The molecular formula is C25H23ClN2O2S. The second-order valence-corrected chi connectivity index (χ2v) is 9.20. The summed E-state index contributed by atoms with van der Waals surface area (Å²) in [5.74, 6) is 0.659. The number of fused-ring (bicyclic) bond motifs is 1. The molecule has 1 unspecified atom stereocenters. The van der Waals surface area contributed by atoms with Crippen molar-refractivity contribution < 1.29 is 9.21 Å². The van der Waals surface area contributed by atoms with E-state index < -0.39 is 0 Å². The molecule has 4 aromatic rings. The number of furan rings is 1. The Balaban J connectivity index is 1.64. The molecule has 1 N–H and O–H groups in total. The predicted octanol–water partition coefficient (Wildman–Crippen LogP) is 6.98. The Labute approximate surface area is 190 Å². The molecule has 0 aliphatic carbocycles. The molecule has 4 nitrogen and oxygen atoms in total. The first kappa shape index (κ1) is 20.3. The van der Waals surface area contributed by atoms with Gasteiger partial charge in [-0.1, -0.05) is 48.4 Å². The van der Waals surface area contributed by atoms with Crippen molar-refractivity contribution in [2.24, 2.45) is 0 Å². The van der Waals surface area contributed by atoms with Crippen LogP contribution in [-0.4, -0.2) is 23.9 Å². The number of hydrogen-bond donors (Lipinski definition) is 1. The number of carbonyl (C=O) groups is 1. The molecule has 0 bridgehead atoms. The van der Waals surface area contributed by atoms with Crippen LogP contribution in [0.4, 0.5) is 5.69 Å². The second-order valence-electron chi connectivity index (χ2n) is 7.82. The number of nitrogens with one attached hydrogen (secondary N) is 1. The average Bonchev–Trinajstić information content (AvgIpc) is 3.45. The van der Waals surface area contributed by atoms with Crippen LogP contribution in [0.5, 0.6) is 0 Å². The number of anilines is 1. The molecule has 2 aromatic heterocycles. The Morgan fingerprint density at radius 1 is 1.00 bits per heavy atom. The number of benzene rings is 2. The number of hydrogen-bond acceptors (Lipinski definition) is 4. The third kappa shape index (κ3) is 4.13. The molecule has 0 radical (unpaired) electrons. The van der Waals surface area contributed by atoms with Gasteiger partial charge in [0, 0.05) is 10.4 Å². The van der Waals surface area contributed by atoms with Gasteiger partial charge in [-0.3, -0.25) is 9.69 Å². The van der Waals surface area contributed by atoms with Crippen LogP contribution < -0.4 is 5.32 Å². The fourth-order valence-electron chi connectivity index (χ4n) is 4.32. The van der Waals surface area contributed by atoms with Crippen LogP contribution in [0.2, 0.25) is 5.02 Å². The normalized spacial score (nSPS) is 15.8. The molecule has 0 saturated carbocycles. The van der Waals surface area contributed by atoms with Crippen molar-refractivity contribution in [2.45, 2.75) is 25.3 Å². The van der Waals surface area contributed by atoms with Gasteiger partial charge < -0.3 is 9.73 Å². The molecule has 5 rings (SSSR count). The van der Waals surface area contributed by atoms with E-state index in [-0.39, 0.29) is 11.9 Å². The van der Waals surface area contributed by atoms with E-state index in [4.69, 9.17) is 16.0 Å². The van der Waals surface area contributed by atoms with E-state index in [1.807, 2.05) is 53.9 Å². The van der Waals surface area contributed by atoms with E-state index in [0.717, 1.165) is 53.9 Å². The van der Waals surface area contributed by atoms with Crippen molar-refractivity contribution in [3.05, 3.63) is 87.3 Å². The third-order valence-corrected chi connectivity index (χ3v) is 6.92. The van der Waals surface area contributed by atoms with Crippen LogP contribution in [0.3, 0.4) is 0 Å². The largest absolute Gasteiger partial charge is 0.457 e. The second kappa shape index (κ2) is 8.87. The molecule has 1 amide bonds. The lowest BCUT2D eigenvalue weighted by molar-refractivity contribution is 0.102. The van der Waals surface area contributed by atoms with E-state index in [9.17, 15) is 4.79 Å². The molecule has 1 aliphatic rings. The van der Waals surface area contributed by atoms with Crippen molar-refractivity contribution >= 4 is 45.5 Å². The van der Waals surface area contributed by atoms with Gasteiger partial charge in [-0.15, -0.1) is 11.3 Å². The Morgan fingerprint density at radius 2 is 1.77 bits per heavy atom. The summed E-state index contributed by atoms with van der Waals surface area (Å²) in [6.07, 6.45) is 3.55. The van der Waals surface area contributed by atoms with Crippen molar-refractivity contribution in [1.82, 2.24) is 4.90 Å². The molecule has 1 aliphatic heterocycles. The maximum absolute atomic E-state index is 13.0. The minimum atomic E-state index is -0.115. The molecule has 0 spiro atoms. The maximum atomic E-state index is 13.0. The van der Waals surface area contributed by atoms with Gasteiger partial charge in [-0.2, -0.15) is 0 Å². The Bertz CT molecular complexity index is 1180. The highest BCUT2D eigenvalue weighted by molar-refractivity contribution is 7.12. The molecule has 1 fully saturated rings. The summed E-state index contributed by atoms with van der Waals surface area (Å²) in [5, 5.41) is 6.69. The fraction of sp³-hybridized carbons (Fsp3) is 0.240. The summed E-state index contributed by atoms with van der Waals surface area (Å²) in [7, 11) is 0. The molecule has 1 atom stereocenters. The first-order valence-electron chi connectivity index (χ1n) is 10.6. The lowest BCUT2D eigenvalue weighted by Gasteiger charge is -2.34. The van der Waals surface area contributed by atoms with E-state index >= 15 is 0 Å². The highest BCUT2D eigenvalue weighted by atomic mass is 35.5. The summed E-state index contributed by atoms with van der Waals surface area (Å²) < 4.78 is 6.43. The van der Waals surface area contributed by atoms with E-state index in [1.54, 1.807) is 0 Å². The minimum absolute atomic E-state index is 0.0939. The predicted molar refractivity (Wildman–Crippen MR) is 127 cm³/mol. The maximum Gasteiger partial charge on any atom is 0.265 e. The Morgan fingerprint density at radius 3 is 2.52 bits per heavy atom. The SMILES string of the molecule is O=C(Nc1c(C(c2ccc(Cl)cc2)N2CCCCC2)oc2ccccc12)c1cccs1. The van der Waals surface area contributed by atoms with Gasteiger partial charge in [-0.05, 0) is 67.2 Å². The van der Waals surface area contributed by atoms with E-state index in [2.05, 4.69) is 22.3 Å². The summed E-state index contributed by atoms with van der Waals surface area (Å²) in [5.41, 5.74) is 2.63. The standard InChI is InChI=1S/C25H23ClN2O2S/c26-18-12-10-17(11-13-18)23(28-14-4-1-5-15-28)24-22(19-7-2-3-8-20(19)30-24)27-25(29)21-9-6-16-31-21/h2-3,6-13,16,23H,1,4-5,14-15H2,(H,27,29). The first-order valence-corrected chi connectivity index (χ1v) is 11.8. The van der Waals surface area contributed by atoms with Crippen LogP contribution in [0.1, 0.15) is 46.3 Å². The third-order valence-electron chi connectivity index (χ3n) is 5.80. The fourth-order valence-corrected chi connectivity index (χ4v) is 5.06. The molecule has 158 valence electrons. The van der Waals surface area contributed by atoms with E-state index in [0.29, 0.717) is 9.90 Å². The molecule has 6 heteroatoms. The van der Waals surface area contributed by atoms with Gasteiger partial charge in [-0.25, -0.2) is 0 Å². The van der Waals surface area contributed by atoms with Crippen LogP contribution in [0, 0.1) is 0 Å². The Hall–Kier alpha value is -2.60. The highest BCUT2D eigenvalue weighted by Gasteiger charge is 2.31. The van der Waals surface area contributed by atoms with Crippen LogP contribution in [0.25, 0.3) is 11.0 Å². The number of halogens is 1. The number of para-hydroxylation sites is 1. The zero-order chi connectivity index (χ0) is 21.2. The van der Waals surface area contributed by atoms with Crippen LogP contribution in [0.15, 0.2) is 70.5 Å². The van der Waals surface area contributed by atoms with Crippen molar-refractivity contribution in [1.29, 1.82) is 0 Å². The van der Waals surface area contributed by atoms with Gasteiger partial charge in [0.25, 0.3) is 5.91 Å². The monoisotopic (exact) mass is 450 g/mol.